The van der Waals surface area contributed by atoms with Crippen molar-refractivity contribution in [3.05, 3.63) is 18.2 Å². The molecule has 2 N–H and O–H groups in total. The minimum atomic E-state index is -0.442. The number of aliphatic hydroxyl groups is 1. The molecule has 0 fully saturated rings. The van der Waals surface area contributed by atoms with E-state index in [0.717, 1.165) is 5.82 Å². The second-order valence-corrected chi connectivity index (χ2v) is 3.62. The molecule has 1 aromatic rings. The van der Waals surface area contributed by atoms with Crippen molar-refractivity contribution in [3.63, 3.8) is 0 Å². The summed E-state index contributed by atoms with van der Waals surface area (Å²) in [7, 11) is 1.57. The van der Waals surface area contributed by atoms with Crippen molar-refractivity contribution in [2.45, 2.75) is 19.4 Å². The van der Waals surface area contributed by atoms with E-state index < -0.39 is 6.10 Å². The third kappa shape index (κ3) is 5.51. The van der Waals surface area contributed by atoms with Gasteiger partial charge >= 0.3 is 0 Å². The van der Waals surface area contributed by atoms with E-state index in [1.165, 1.54) is 0 Å². The molecular formula is C12H20N2O3. The predicted molar refractivity (Wildman–Crippen MR) is 66.4 cm³/mol. The molecule has 0 aromatic carbocycles. The Hall–Kier alpha value is -1.33. The van der Waals surface area contributed by atoms with Gasteiger partial charge in [0.05, 0.1) is 19.3 Å². The second-order valence-electron chi connectivity index (χ2n) is 3.62. The molecule has 0 aliphatic heterocycles. The molecule has 1 rings (SSSR count). The molecule has 1 aromatic heterocycles. The van der Waals surface area contributed by atoms with Crippen LogP contribution < -0.4 is 10.1 Å². The standard InChI is InChI=1S/C12H20N2O3/c1-3-17-12-6-4-5-11(14-12)13-8-7-10(15)9-16-2/h4-6,10,15H,3,7-9H2,1-2H3,(H,13,14). The molecule has 0 spiro atoms. The Bertz CT molecular complexity index is 320. The minimum absolute atomic E-state index is 0.355. The van der Waals surface area contributed by atoms with Crippen molar-refractivity contribution in [2.75, 3.05) is 32.2 Å². The highest BCUT2D eigenvalue weighted by molar-refractivity contribution is 5.36. The fourth-order valence-corrected chi connectivity index (χ4v) is 1.38. The van der Waals surface area contributed by atoms with E-state index in [1.807, 2.05) is 25.1 Å². The molecule has 5 heteroatoms. The molecule has 0 bridgehead atoms. The zero-order chi connectivity index (χ0) is 12.5. The van der Waals surface area contributed by atoms with Crippen molar-refractivity contribution in [2.24, 2.45) is 0 Å². The van der Waals surface area contributed by atoms with Crippen LogP contribution in [0.15, 0.2) is 18.2 Å². The number of anilines is 1. The first-order valence-electron chi connectivity index (χ1n) is 5.77. The maximum absolute atomic E-state index is 9.46. The minimum Gasteiger partial charge on any atom is -0.478 e. The van der Waals surface area contributed by atoms with Crippen molar-refractivity contribution >= 4 is 5.82 Å². The number of ether oxygens (including phenoxy) is 2. The Morgan fingerprint density at radius 3 is 3.00 bits per heavy atom. The summed E-state index contributed by atoms with van der Waals surface area (Å²) in [4.78, 5) is 4.26. The lowest BCUT2D eigenvalue weighted by molar-refractivity contribution is 0.0615. The van der Waals surface area contributed by atoms with Crippen LogP contribution in [0, 0.1) is 0 Å². The lowest BCUT2D eigenvalue weighted by atomic mass is 10.2. The molecule has 1 unspecified atom stereocenters. The molecule has 0 amide bonds. The number of aromatic nitrogens is 1. The highest BCUT2D eigenvalue weighted by Crippen LogP contribution is 2.11. The molecule has 0 aliphatic carbocycles. The number of aliphatic hydroxyl groups excluding tert-OH is 1. The molecule has 96 valence electrons. The van der Waals surface area contributed by atoms with Gasteiger partial charge in [-0.1, -0.05) is 6.07 Å². The highest BCUT2D eigenvalue weighted by Gasteiger charge is 2.03. The third-order valence-electron chi connectivity index (χ3n) is 2.16. The van der Waals surface area contributed by atoms with E-state index >= 15 is 0 Å². The van der Waals surface area contributed by atoms with E-state index in [0.29, 0.717) is 32.1 Å². The summed E-state index contributed by atoms with van der Waals surface area (Å²) in [6.45, 7) is 3.52. The second kappa shape index (κ2) is 7.86. The number of nitrogens with zero attached hydrogens (tertiary/aromatic N) is 1. The first-order chi connectivity index (χ1) is 8.26. The fourth-order valence-electron chi connectivity index (χ4n) is 1.38. The van der Waals surface area contributed by atoms with Crippen molar-refractivity contribution in [3.8, 4) is 5.88 Å². The molecule has 17 heavy (non-hydrogen) atoms. The number of nitrogens with one attached hydrogen (secondary N) is 1. The quantitative estimate of drug-likeness (QED) is 0.717. The Morgan fingerprint density at radius 2 is 2.29 bits per heavy atom. The molecule has 0 saturated heterocycles. The van der Waals surface area contributed by atoms with Gasteiger partial charge in [-0.25, -0.2) is 0 Å². The van der Waals surface area contributed by atoms with E-state index in [-0.39, 0.29) is 0 Å². The van der Waals surface area contributed by atoms with Crippen LogP contribution in [-0.2, 0) is 4.74 Å². The van der Waals surface area contributed by atoms with Gasteiger partial charge < -0.3 is 19.9 Å². The average Bonchev–Trinajstić information content (AvgIpc) is 2.30. The Labute approximate surface area is 102 Å². The summed E-state index contributed by atoms with van der Waals surface area (Å²) in [5.74, 6) is 1.36. The van der Waals surface area contributed by atoms with Gasteiger partial charge in [0.25, 0.3) is 0 Å². The largest absolute Gasteiger partial charge is 0.478 e. The maximum Gasteiger partial charge on any atom is 0.215 e. The maximum atomic E-state index is 9.46. The zero-order valence-electron chi connectivity index (χ0n) is 10.3. The van der Waals surface area contributed by atoms with Crippen LogP contribution >= 0.6 is 0 Å². The van der Waals surface area contributed by atoms with Crippen LogP contribution in [-0.4, -0.2) is 43.1 Å². The zero-order valence-corrected chi connectivity index (χ0v) is 10.3. The van der Waals surface area contributed by atoms with Gasteiger partial charge in [-0.3, -0.25) is 0 Å². The Balaban J connectivity index is 2.33. The summed E-state index contributed by atoms with van der Waals surface area (Å²) in [5, 5.41) is 12.6. The van der Waals surface area contributed by atoms with E-state index in [1.54, 1.807) is 7.11 Å². The first kappa shape index (κ1) is 13.7. The number of rotatable bonds is 8. The van der Waals surface area contributed by atoms with Crippen LogP contribution in [0.4, 0.5) is 5.82 Å². The summed E-state index contributed by atoms with van der Waals surface area (Å²) in [5.41, 5.74) is 0. The van der Waals surface area contributed by atoms with Crippen LogP contribution in [0.25, 0.3) is 0 Å². The summed E-state index contributed by atoms with van der Waals surface area (Å²) in [6.07, 6.45) is 0.177. The monoisotopic (exact) mass is 240 g/mol. The number of hydrogen-bond donors (Lipinski definition) is 2. The SMILES string of the molecule is CCOc1cccc(NCCC(O)COC)n1. The number of hydrogen-bond acceptors (Lipinski definition) is 5. The average molecular weight is 240 g/mol. The smallest absolute Gasteiger partial charge is 0.215 e. The highest BCUT2D eigenvalue weighted by atomic mass is 16.5. The molecule has 0 saturated carbocycles. The van der Waals surface area contributed by atoms with Gasteiger partial charge in [0.2, 0.25) is 5.88 Å². The Kier molecular flexibility index (Phi) is 6.35. The molecule has 0 radical (unpaired) electrons. The van der Waals surface area contributed by atoms with Crippen LogP contribution in [0.2, 0.25) is 0 Å². The number of methoxy groups -OCH3 is 1. The van der Waals surface area contributed by atoms with Gasteiger partial charge in [0.1, 0.15) is 5.82 Å². The predicted octanol–water partition coefficient (Wildman–Crippen LogP) is 1.29. The van der Waals surface area contributed by atoms with Crippen molar-refractivity contribution in [1.82, 2.24) is 4.98 Å². The van der Waals surface area contributed by atoms with Gasteiger partial charge in [-0.2, -0.15) is 4.98 Å². The normalized spacial score (nSPS) is 12.2. The summed E-state index contributed by atoms with van der Waals surface area (Å²) in [6, 6.07) is 5.56. The van der Waals surface area contributed by atoms with Gasteiger partial charge in [0.15, 0.2) is 0 Å². The molecule has 0 aliphatic rings. The van der Waals surface area contributed by atoms with Gasteiger partial charge in [-0.15, -0.1) is 0 Å². The van der Waals surface area contributed by atoms with Crippen LogP contribution in [0.3, 0.4) is 0 Å². The lowest BCUT2D eigenvalue weighted by Crippen LogP contribution is -2.18. The molecule has 1 heterocycles. The molecular weight excluding hydrogens is 220 g/mol. The van der Waals surface area contributed by atoms with E-state index in [4.69, 9.17) is 9.47 Å². The van der Waals surface area contributed by atoms with Crippen molar-refractivity contribution in [1.29, 1.82) is 0 Å². The third-order valence-corrected chi connectivity index (χ3v) is 2.16. The first-order valence-corrected chi connectivity index (χ1v) is 5.77. The summed E-state index contributed by atoms with van der Waals surface area (Å²) < 4.78 is 10.1. The number of pyridine rings is 1. The van der Waals surface area contributed by atoms with Crippen LogP contribution in [0.5, 0.6) is 5.88 Å². The lowest BCUT2D eigenvalue weighted by Gasteiger charge is -2.11. The topological polar surface area (TPSA) is 63.6 Å². The molecule has 1 atom stereocenters. The van der Waals surface area contributed by atoms with Gasteiger partial charge in [-0.05, 0) is 19.4 Å². The molecule has 5 nitrogen and oxygen atoms in total. The van der Waals surface area contributed by atoms with Crippen molar-refractivity contribution < 1.29 is 14.6 Å². The van der Waals surface area contributed by atoms with E-state index in [9.17, 15) is 5.11 Å². The fraction of sp³-hybridized carbons (Fsp3) is 0.583. The Morgan fingerprint density at radius 1 is 1.47 bits per heavy atom. The van der Waals surface area contributed by atoms with E-state index in [2.05, 4.69) is 10.3 Å². The summed E-state index contributed by atoms with van der Waals surface area (Å²) >= 11 is 0. The van der Waals surface area contributed by atoms with Gasteiger partial charge in [0, 0.05) is 19.7 Å². The van der Waals surface area contributed by atoms with Crippen LogP contribution in [0.1, 0.15) is 13.3 Å².